The van der Waals surface area contributed by atoms with E-state index in [9.17, 15) is 9.59 Å². The third-order valence-corrected chi connectivity index (χ3v) is 7.93. The van der Waals surface area contributed by atoms with Crippen molar-refractivity contribution in [3.05, 3.63) is 76.3 Å². The third kappa shape index (κ3) is 6.06. The van der Waals surface area contributed by atoms with Crippen molar-refractivity contribution in [1.82, 2.24) is 19.9 Å². The topological polar surface area (TPSA) is 85.3 Å². The molecule has 0 bridgehead atoms. The van der Waals surface area contributed by atoms with Gasteiger partial charge in [0.1, 0.15) is 16.1 Å². The summed E-state index contributed by atoms with van der Waals surface area (Å²) >= 11 is 1.48. The molecule has 0 spiro atoms. The van der Waals surface area contributed by atoms with Crippen molar-refractivity contribution in [1.29, 1.82) is 0 Å². The van der Waals surface area contributed by atoms with Gasteiger partial charge in [-0.25, -0.2) is 9.78 Å². The van der Waals surface area contributed by atoms with Gasteiger partial charge in [-0.15, -0.1) is 11.3 Å². The number of esters is 1. The standard InChI is InChI=1S/C31H40N4O3S/c1-20(2)17-31(28(37)38-30(6,7)8)18-23(24-19-32-13-14-33-24)25(26-34-15-16-39-26)35(31)27(36)21-9-11-22(12-10-21)29(3,4)5/h9-16,19-20,23,25H,17-18H2,1-8H3/t23-,25-,31+/m1/s1. The Bertz CT molecular complexity index is 1280. The van der Waals surface area contributed by atoms with E-state index < -0.39 is 23.2 Å². The van der Waals surface area contributed by atoms with Gasteiger partial charge in [0.05, 0.1) is 11.7 Å². The molecule has 208 valence electrons. The lowest BCUT2D eigenvalue weighted by Crippen LogP contribution is -2.56. The van der Waals surface area contributed by atoms with Gasteiger partial charge in [-0.05, 0) is 62.6 Å². The smallest absolute Gasteiger partial charge is 0.332 e. The molecule has 1 aromatic carbocycles. The van der Waals surface area contributed by atoms with Crippen LogP contribution in [0.1, 0.15) is 107 Å². The second-order valence-corrected chi connectivity index (χ2v) is 13.8. The molecule has 0 N–H and O–H groups in total. The van der Waals surface area contributed by atoms with Gasteiger partial charge in [-0.3, -0.25) is 14.8 Å². The summed E-state index contributed by atoms with van der Waals surface area (Å²) in [6, 6.07) is 7.24. The number of ether oxygens (including phenoxy) is 1. The molecule has 1 aliphatic rings. The highest BCUT2D eigenvalue weighted by Crippen LogP contribution is 2.55. The number of hydrogen-bond acceptors (Lipinski definition) is 7. The molecule has 3 atom stereocenters. The van der Waals surface area contributed by atoms with Crippen LogP contribution in [0.3, 0.4) is 0 Å². The fourth-order valence-corrected chi connectivity index (χ4v) is 6.31. The quantitative estimate of drug-likeness (QED) is 0.318. The molecule has 0 unspecified atom stereocenters. The molecule has 1 fully saturated rings. The molecule has 0 saturated carbocycles. The van der Waals surface area contributed by atoms with Crippen LogP contribution in [0.5, 0.6) is 0 Å². The predicted octanol–water partition coefficient (Wildman–Crippen LogP) is 6.73. The molecule has 3 aromatic rings. The van der Waals surface area contributed by atoms with Crippen LogP contribution in [0, 0.1) is 5.92 Å². The maximum Gasteiger partial charge on any atom is 0.332 e. The number of carbonyl (C=O) groups excluding carboxylic acids is 2. The molecule has 4 rings (SSSR count). The van der Waals surface area contributed by atoms with Crippen LogP contribution in [0.15, 0.2) is 54.4 Å². The molecule has 1 saturated heterocycles. The number of amides is 1. The second kappa shape index (κ2) is 10.8. The molecule has 7 nitrogen and oxygen atoms in total. The largest absolute Gasteiger partial charge is 0.458 e. The highest BCUT2D eigenvalue weighted by molar-refractivity contribution is 7.09. The zero-order valence-electron chi connectivity index (χ0n) is 24.3. The van der Waals surface area contributed by atoms with E-state index in [2.05, 4.69) is 49.6 Å². The summed E-state index contributed by atoms with van der Waals surface area (Å²) in [6.45, 7) is 16.2. The number of hydrogen-bond donors (Lipinski definition) is 0. The third-order valence-electron chi connectivity index (χ3n) is 7.09. The predicted molar refractivity (Wildman–Crippen MR) is 154 cm³/mol. The van der Waals surface area contributed by atoms with E-state index in [1.54, 1.807) is 29.7 Å². The maximum atomic E-state index is 14.6. The highest BCUT2D eigenvalue weighted by Gasteiger charge is 2.61. The Hall–Kier alpha value is -3.13. The van der Waals surface area contributed by atoms with E-state index >= 15 is 0 Å². The number of rotatable bonds is 6. The fraction of sp³-hybridized carbons (Fsp3) is 0.516. The maximum absolute atomic E-state index is 14.6. The van der Waals surface area contributed by atoms with Crippen molar-refractivity contribution < 1.29 is 14.3 Å². The van der Waals surface area contributed by atoms with Crippen molar-refractivity contribution in [2.24, 2.45) is 5.92 Å². The van der Waals surface area contributed by atoms with Crippen LogP contribution in [0.2, 0.25) is 0 Å². The first-order valence-corrected chi connectivity index (χ1v) is 14.4. The molecule has 1 aliphatic heterocycles. The van der Waals surface area contributed by atoms with Gasteiger partial charge in [0.25, 0.3) is 5.91 Å². The summed E-state index contributed by atoms with van der Waals surface area (Å²) in [5, 5.41) is 2.67. The first-order chi connectivity index (χ1) is 18.2. The average molecular weight is 549 g/mol. The lowest BCUT2D eigenvalue weighted by molar-refractivity contribution is -0.168. The first-order valence-electron chi connectivity index (χ1n) is 13.6. The molecule has 1 amide bonds. The number of likely N-dealkylation sites (tertiary alicyclic amines) is 1. The zero-order chi connectivity index (χ0) is 28.6. The van der Waals surface area contributed by atoms with E-state index in [-0.39, 0.29) is 23.2 Å². The Morgan fingerprint density at radius 3 is 2.26 bits per heavy atom. The zero-order valence-corrected chi connectivity index (χ0v) is 25.1. The summed E-state index contributed by atoms with van der Waals surface area (Å²) < 4.78 is 6.07. The van der Waals surface area contributed by atoms with Crippen molar-refractivity contribution in [2.45, 2.75) is 96.7 Å². The molecule has 39 heavy (non-hydrogen) atoms. The lowest BCUT2D eigenvalue weighted by atomic mass is 9.82. The molecule has 3 heterocycles. The highest BCUT2D eigenvalue weighted by atomic mass is 32.1. The average Bonchev–Trinajstić information content (AvgIpc) is 3.49. The van der Waals surface area contributed by atoms with Gasteiger partial charge >= 0.3 is 5.97 Å². The summed E-state index contributed by atoms with van der Waals surface area (Å²) in [5.74, 6) is -0.771. The molecule has 2 aromatic heterocycles. The van der Waals surface area contributed by atoms with E-state index in [0.29, 0.717) is 18.4 Å². The van der Waals surface area contributed by atoms with Gasteiger partial charge in [0.2, 0.25) is 0 Å². The first kappa shape index (κ1) is 28.9. The second-order valence-electron chi connectivity index (χ2n) is 12.9. The summed E-state index contributed by atoms with van der Waals surface area (Å²) in [7, 11) is 0. The molecular weight excluding hydrogens is 508 g/mol. The summed E-state index contributed by atoms with van der Waals surface area (Å²) in [4.78, 5) is 44.3. The van der Waals surface area contributed by atoms with E-state index in [1.165, 1.54) is 11.3 Å². The Kier molecular flexibility index (Phi) is 7.99. The lowest BCUT2D eigenvalue weighted by Gasteiger charge is -2.41. The summed E-state index contributed by atoms with van der Waals surface area (Å²) in [5.41, 5.74) is 0.419. The number of aromatic nitrogens is 3. The van der Waals surface area contributed by atoms with Crippen LogP contribution in [-0.2, 0) is 14.9 Å². The van der Waals surface area contributed by atoms with Crippen LogP contribution in [0.4, 0.5) is 0 Å². The minimum atomic E-state index is -1.21. The minimum Gasteiger partial charge on any atom is -0.458 e. The van der Waals surface area contributed by atoms with Gasteiger partial charge in [0, 0.05) is 41.6 Å². The molecule has 0 aliphatic carbocycles. The van der Waals surface area contributed by atoms with Gasteiger partial charge < -0.3 is 9.64 Å². The Morgan fingerprint density at radius 2 is 1.74 bits per heavy atom. The van der Waals surface area contributed by atoms with Crippen LogP contribution in [0.25, 0.3) is 0 Å². The van der Waals surface area contributed by atoms with Crippen molar-refractivity contribution in [3.63, 3.8) is 0 Å². The van der Waals surface area contributed by atoms with Crippen molar-refractivity contribution in [2.75, 3.05) is 0 Å². The van der Waals surface area contributed by atoms with E-state index in [1.807, 2.05) is 50.4 Å². The number of benzene rings is 1. The Morgan fingerprint density at radius 1 is 1.05 bits per heavy atom. The SMILES string of the molecule is CC(C)C[C@@]1(C(=O)OC(C)(C)C)C[C@H](c2cnccn2)[C@H](c2nccs2)N1C(=O)c1ccc(C(C)(C)C)cc1. The normalized spacial score (nSPS) is 21.8. The fourth-order valence-electron chi connectivity index (χ4n) is 5.52. The Labute approximate surface area is 236 Å². The van der Waals surface area contributed by atoms with E-state index in [4.69, 9.17) is 4.74 Å². The van der Waals surface area contributed by atoms with Gasteiger partial charge in [0.15, 0.2) is 0 Å². The molecule has 8 heteroatoms. The minimum absolute atomic E-state index is 0.0480. The number of carbonyl (C=O) groups is 2. The Balaban J connectivity index is 1.93. The van der Waals surface area contributed by atoms with Crippen LogP contribution >= 0.6 is 11.3 Å². The monoisotopic (exact) mass is 548 g/mol. The molecule has 0 radical (unpaired) electrons. The van der Waals surface area contributed by atoms with Gasteiger partial charge in [-0.1, -0.05) is 46.8 Å². The van der Waals surface area contributed by atoms with E-state index in [0.717, 1.165) is 16.3 Å². The van der Waals surface area contributed by atoms with Crippen molar-refractivity contribution >= 4 is 23.2 Å². The number of nitrogens with zero attached hydrogens (tertiary/aromatic N) is 4. The number of thiazole rings is 1. The van der Waals surface area contributed by atoms with Gasteiger partial charge in [-0.2, -0.15) is 0 Å². The summed E-state index contributed by atoms with van der Waals surface area (Å²) in [6.07, 6.45) is 7.57. The van der Waals surface area contributed by atoms with Crippen LogP contribution in [-0.4, -0.2) is 42.9 Å². The van der Waals surface area contributed by atoms with Crippen LogP contribution < -0.4 is 0 Å². The van der Waals surface area contributed by atoms with Crippen molar-refractivity contribution in [3.8, 4) is 0 Å². The molecular formula is C31H40N4O3S.